The van der Waals surface area contributed by atoms with Gasteiger partial charge in [-0.25, -0.2) is 0 Å². The molecule has 0 unspecified atom stereocenters. The minimum absolute atomic E-state index is 0.947. The van der Waals surface area contributed by atoms with Gasteiger partial charge in [0.25, 0.3) is 0 Å². The summed E-state index contributed by atoms with van der Waals surface area (Å²) in [7, 11) is 1.56. The van der Waals surface area contributed by atoms with Crippen molar-refractivity contribution < 1.29 is 4.84 Å². The molecule has 0 heterocycles. The number of oxime groups is 1. The molecule has 58 valence electrons. The fourth-order valence-electron chi connectivity index (χ4n) is 0.567. The van der Waals surface area contributed by atoms with Crippen molar-refractivity contribution in [1.82, 2.24) is 0 Å². The van der Waals surface area contributed by atoms with Crippen LogP contribution in [0.25, 0.3) is 0 Å². The Morgan fingerprint density at radius 3 is 1.90 bits per heavy atom. The van der Waals surface area contributed by atoms with Gasteiger partial charge < -0.3 is 4.84 Å². The van der Waals surface area contributed by atoms with Crippen molar-refractivity contribution in [2.75, 3.05) is 7.11 Å². The Kier molecular flexibility index (Phi) is 3.77. The second kappa shape index (κ2) is 4.09. The Hall–Kier alpha value is -0.790. The Balaban J connectivity index is 4.36. The van der Waals surface area contributed by atoms with E-state index in [2.05, 4.69) is 23.8 Å². The van der Waals surface area contributed by atoms with E-state index in [4.69, 9.17) is 0 Å². The Labute approximate surface area is 62.6 Å². The van der Waals surface area contributed by atoms with Crippen LogP contribution in [-0.4, -0.2) is 12.8 Å². The molecule has 0 aliphatic carbocycles. The second-order valence-electron chi connectivity index (χ2n) is 2.48. The Bertz CT molecular complexity index is 164. The minimum atomic E-state index is 0.947. The lowest BCUT2D eigenvalue weighted by Crippen LogP contribution is -1.95. The third-order valence-corrected chi connectivity index (χ3v) is 1.52. The zero-order valence-electron chi connectivity index (χ0n) is 7.36. The summed E-state index contributed by atoms with van der Waals surface area (Å²) in [6.07, 6.45) is 0. The zero-order chi connectivity index (χ0) is 8.15. The second-order valence-corrected chi connectivity index (χ2v) is 2.48. The van der Waals surface area contributed by atoms with E-state index >= 15 is 0 Å². The topological polar surface area (TPSA) is 21.6 Å². The summed E-state index contributed by atoms with van der Waals surface area (Å²) in [5, 5.41) is 3.80. The summed E-state index contributed by atoms with van der Waals surface area (Å²) in [6.45, 7) is 8.09. The maximum absolute atomic E-state index is 4.63. The molecule has 0 saturated carbocycles. The molecule has 0 rings (SSSR count). The van der Waals surface area contributed by atoms with E-state index in [-0.39, 0.29) is 0 Å². The SMILES string of the molecule is CO/N=C(/C)C(C)=C(C)C. The van der Waals surface area contributed by atoms with Gasteiger partial charge in [-0.3, -0.25) is 0 Å². The maximum Gasteiger partial charge on any atom is 0.106 e. The van der Waals surface area contributed by atoms with E-state index in [1.165, 1.54) is 11.1 Å². The van der Waals surface area contributed by atoms with Gasteiger partial charge in [0.15, 0.2) is 0 Å². The monoisotopic (exact) mass is 141 g/mol. The minimum Gasteiger partial charge on any atom is -0.399 e. The van der Waals surface area contributed by atoms with Crippen molar-refractivity contribution in [2.45, 2.75) is 27.7 Å². The summed E-state index contributed by atoms with van der Waals surface area (Å²) >= 11 is 0. The number of nitrogens with zero attached hydrogens (tertiary/aromatic N) is 1. The van der Waals surface area contributed by atoms with Crippen molar-refractivity contribution in [3.63, 3.8) is 0 Å². The lowest BCUT2D eigenvalue weighted by Gasteiger charge is -2.00. The molecular weight excluding hydrogens is 126 g/mol. The van der Waals surface area contributed by atoms with Crippen LogP contribution in [0.5, 0.6) is 0 Å². The fourth-order valence-corrected chi connectivity index (χ4v) is 0.567. The van der Waals surface area contributed by atoms with Crippen LogP contribution in [0.3, 0.4) is 0 Å². The molecule has 0 aliphatic heterocycles. The lowest BCUT2D eigenvalue weighted by molar-refractivity contribution is 0.213. The van der Waals surface area contributed by atoms with E-state index in [0.717, 1.165) is 5.71 Å². The molecule has 0 aromatic carbocycles. The quantitative estimate of drug-likeness (QED) is 0.427. The summed E-state index contributed by atoms with van der Waals surface area (Å²) in [4.78, 5) is 4.63. The highest BCUT2D eigenvalue weighted by atomic mass is 16.6. The van der Waals surface area contributed by atoms with Crippen LogP contribution >= 0.6 is 0 Å². The van der Waals surface area contributed by atoms with Gasteiger partial charge in [0, 0.05) is 0 Å². The van der Waals surface area contributed by atoms with Crippen molar-refractivity contribution in [1.29, 1.82) is 0 Å². The lowest BCUT2D eigenvalue weighted by atomic mass is 10.1. The van der Waals surface area contributed by atoms with E-state index in [9.17, 15) is 0 Å². The molecule has 0 fully saturated rings. The fraction of sp³-hybridized carbons (Fsp3) is 0.625. The third-order valence-electron chi connectivity index (χ3n) is 1.52. The Morgan fingerprint density at radius 1 is 1.10 bits per heavy atom. The van der Waals surface area contributed by atoms with Crippen molar-refractivity contribution in [2.24, 2.45) is 5.16 Å². The predicted molar refractivity (Wildman–Crippen MR) is 44.2 cm³/mol. The van der Waals surface area contributed by atoms with Crippen molar-refractivity contribution >= 4 is 5.71 Å². The standard InChI is InChI=1S/C8H15NO/c1-6(2)7(3)8(4)9-10-5/h1-5H3/b9-8-. The highest BCUT2D eigenvalue weighted by Gasteiger charge is 1.95. The largest absolute Gasteiger partial charge is 0.399 e. The van der Waals surface area contributed by atoms with Crippen LogP contribution < -0.4 is 0 Å². The average molecular weight is 141 g/mol. The molecule has 10 heavy (non-hydrogen) atoms. The zero-order valence-corrected chi connectivity index (χ0v) is 7.36. The number of rotatable bonds is 2. The molecule has 0 aromatic rings. The molecule has 0 bridgehead atoms. The smallest absolute Gasteiger partial charge is 0.106 e. The first-order chi connectivity index (χ1) is 4.59. The van der Waals surface area contributed by atoms with Gasteiger partial charge in [-0.2, -0.15) is 0 Å². The van der Waals surface area contributed by atoms with Gasteiger partial charge >= 0.3 is 0 Å². The maximum atomic E-state index is 4.63. The number of hydrogen-bond acceptors (Lipinski definition) is 2. The number of allylic oxidation sites excluding steroid dienone is 2. The van der Waals surface area contributed by atoms with Crippen LogP contribution in [0.2, 0.25) is 0 Å². The molecule has 0 aliphatic rings. The van der Waals surface area contributed by atoms with E-state index in [0.29, 0.717) is 0 Å². The summed E-state index contributed by atoms with van der Waals surface area (Å²) in [5.41, 5.74) is 3.42. The van der Waals surface area contributed by atoms with Crippen LogP contribution in [0, 0.1) is 0 Å². The van der Waals surface area contributed by atoms with Gasteiger partial charge in [0.2, 0.25) is 0 Å². The van der Waals surface area contributed by atoms with E-state index in [1.807, 2.05) is 13.8 Å². The molecule has 0 spiro atoms. The first-order valence-corrected chi connectivity index (χ1v) is 3.31. The molecule has 0 atom stereocenters. The van der Waals surface area contributed by atoms with Crippen LogP contribution in [-0.2, 0) is 4.84 Å². The van der Waals surface area contributed by atoms with Crippen LogP contribution in [0.15, 0.2) is 16.3 Å². The molecule has 2 heteroatoms. The van der Waals surface area contributed by atoms with Crippen LogP contribution in [0.1, 0.15) is 27.7 Å². The summed E-state index contributed by atoms with van der Waals surface area (Å²) in [5.74, 6) is 0. The molecule has 0 aromatic heterocycles. The highest BCUT2D eigenvalue weighted by molar-refractivity contribution is 5.97. The van der Waals surface area contributed by atoms with Gasteiger partial charge in [-0.05, 0) is 33.3 Å². The molecule has 0 N–H and O–H groups in total. The van der Waals surface area contributed by atoms with Gasteiger partial charge in [0.1, 0.15) is 7.11 Å². The van der Waals surface area contributed by atoms with Crippen LogP contribution in [0.4, 0.5) is 0 Å². The molecule has 2 nitrogen and oxygen atoms in total. The van der Waals surface area contributed by atoms with Gasteiger partial charge in [-0.15, -0.1) is 0 Å². The van der Waals surface area contributed by atoms with E-state index in [1.54, 1.807) is 7.11 Å². The summed E-state index contributed by atoms with van der Waals surface area (Å²) < 4.78 is 0. The predicted octanol–water partition coefficient (Wildman–Crippen LogP) is 2.37. The van der Waals surface area contributed by atoms with E-state index < -0.39 is 0 Å². The Morgan fingerprint density at radius 2 is 1.60 bits per heavy atom. The molecule has 0 radical (unpaired) electrons. The van der Waals surface area contributed by atoms with Crippen molar-refractivity contribution in [3.8, 4) is 0 Å². The highest BCUT2D eigenvalue weighted by Crippen LogP contribution is 2.03. The third kappa shape index (κ3) is 2.67. The van der Waals surface area contributed by atoms with Gasteiger partial charge in [0.05, 0.1) is 5.71 Å². The summed E-state index contributed by atoms with van der Waals surface area (Å²) in [6, 6.07) is 0. The molecular formula is C8H15NO. The average Bonchev–Trinajstić information content (AvgIpc) is 1.87. The first-order valence-electron chi connectivity index (χ1n) is 3.31. The van der Waals surface area contributed by atoms with Crippen molar-refractivity contribution in [3.05, 3.63) is 11.1 Å². The molecule has 0 amide bonds. The normalized spacial score (nSPS) is 11.1. The molecule has 0 saturated heterocycles. The number of hydrogen-bond donors (Lipinski definition) is 0. The van der Waals surface area contributed by atoms with Gasteiger partial charge in [-0.1, -0.05) is 10.7 Å². The first kappa shape index (κ1) is 9.21.